The molecule has 3 aliphatic carbocycles. The molecule has 8 nitrogen and oxygen atoms in total. The van der Waals surface area contributed by atoms with Crippen LogP contribution >= 0.6 is 0 Å². The number of benzene rings is 1. The highest BCUT2D eigenvalue weighted by Gasteiger charge is 2.41. The van der Waals surface area contributed by atoms with Crippen LogP contribution in [0.2, 0.25) is 0 Å². The van der Waals surface area contributed by atoms with E-state index in [4.69, 9.17) is 0 Å². The molecule has 0 bridgehead atoms. The quantitative estimate of drug-likeness (QED) is 0.574. The molecule has 1 aromatic carbocycles. The van der Waals surface area contributed by atoms with Crippen molar-refractivity contribution in [1.82, 2.24) is 24.9 Å². The maximum absolute atomic E-state index is 13.5. The molecule has 2 aliphatic heterocycles. The molecule has 39 heavy (non-hydrogen) atoms. The molecule has 1 atom stereocenters. The van der Waals surface area contributed by atoms with Crippen molar-refractivity contribution >= 4 is 17.7 Å². The minimum atomic E-state index is 0.00714. The van der Waals surface area contributed by atoms with Crippen molar-refractivity contribution in [3.05, 3.63) is 46.8 Å². The Kier molecular flexibility index (Phi) is 7.29. The van der Waals surface area contributed by atoms with Crippen molar-refractivity contribution in [3.8, 4) is 0 Å². The summed E-state index contributed by atoms with van der Waals surface area (Å²) in [6.07, 6.45) is 14.2. The van der Waals surface area contributed by atoms with Crippen molar-refractivity contribution in [2.24, 2.45) is 5.92 Å². The van der Waals surface area contributed by atoms with Gasteiger partial charge in [0.25, 0.3) is 11.8 Å². The summed E-state index contributed by atoms with van der Waals surface area (Å²) in [6, 6.07) is 6.48. The van der Waals surface area contributed by atoms with Gasteiger partial charge in [-0.15, -0.1) is 0 Å². The first-order chi connectivity index (χ1) is 18.9. The van der Waals surface area contributed by atoms with Gasteiger partial charge in [-0.1, -0.05) is 31.7 Å². The lowest BCUT2D eigenvalue weighted by Gasteiger charge is -2.38. The second-order valence-electron chi connectivity index (χ2n) is 12.5. The van der Waals surface area contributed by atoms with Crippen LogP contribution in [0, 0.1) is 5.92 Å². The first kappa shape index (κ1) is 26.2. The van der Waals surface area contributed by atoms with E-state index in [0.29, 0.717) is 24.6 Å². The van der Waals surface area contributed by atoms with Gasteiger partial charge in [-0.25, -0.2) is 0 Å². The van der Waals surface area contributed by atoms with E-state index < -0.39 is 0 Å². The number of amides is 3. The topological polar surface area (TPSA) is 76.2 Å². The Hall–Kier alpha value is -3.03. The van der Waals surface area contributed by atoms with Gasteiger partial charge in [0.2, 0.25) is 5.91 Å². The van der Waals surface area contributed by atoms with E-state index >= 15 is 0 Å². The molecule has 3 fully saturated rings. The number of hydrogen-bond acceptors (Lipinski definition) is 5. The van der Waals surface area contributed by atoms with Gasteiger partial charge in [-0.2, -0.15) is 0 Å². The van der Waals surface area contributed by atoms with E-state index in [1.807, 2.05) is 47.1 Å². The third-order valence-electron chi connectivity index (χ3n) is 9.92. The molecule has 2 saturated carbocycles. The molecule has 0 spiro atoms. The molecular formula is C31H43N5O3. The van der Waals surface area contributed by atoms with Gasteiger partial charge in [-0.05, 0) is 74.1 Å². The minimum absolute atomic E-state index is 0.00714. The first-order valence-corrected chi connectivity index (χ1v) is 15.0. The van der Waals surface area contributed by atoms with E-state index in [1.54, 1.807) is 0 Å². The Bertz CT molecular complexity index is 1150. The summed E-state index contributed by atoms with van der Waals surface area (Å²) in [7, 11) is 3.91. The Balaban J connectivity index is 1.03. The molecule has 1 aromatic rings. The fourth-order valence-electron chi connectivity index (χ4n) is 7.58. The first-order valence-electron chi connectivity index (χ1n) is 15.0. The smallest absolute Gasteiger partial charge is 0.273 e. The zero-order valence-electron chi connectivity index (χ0n) is 23.5. The molecule has 5 aliphatic rings. The van der Waals surface area contributed by atoms with E-state index in [9.17, 15) is 14.4 Å². The fourth-order valence-corrected chi connectivity index (χ4v) is 7.58. The second-order valence-corrected chi connectivity index (χ2v) is 12.5. The van der Waals surface area contributed by atoms with Crippen molar-refractivity contribution < 1.29 is 14.4 Å². The largest absolute Gasteiger partial charge is 0.361 e. The molecule has 0 aromatic heterocycles. The monoisotopic (exact) mass is 533 g/mol. The van der Waals surface area contributed by atoms with E-state index in [1.165, 1.54) is 31.2 Å². The predicted octanol–water partition coefficient (Wildman–Crippen LogP) is 3.99. The lowest BCUT2D eigenvalue weighted by molar-refractivity contribution is -0.127. The Morgan fingerprint density at radius 1 is 1.03 bits per heavy atom. The minimum Gasteiger partial charge on any atom is -0.361 e. The van der Waals surface area contributed by atoms with Crippen molar-refractivity contribution in [2.45, 2.75) is 95.2 Å². The molecule has 0 radical (unpaired) electrons. The normalized spacial score (nSPS) is 26.6. The molecule has 8 heteroatoms. The molecule has 1 N–H and O–H groups in total. The number of hydrogen-bond donors (Lipinski definition) is 1. The predicted molar refractivity (Wildman–Crippen MR) is 149 cm³/mol. The number of nitrogens with one attached hydrogen (secondary N) is 1. The van der Waals surface area contributed by atoms with E-state index in [2.05, 4.69) is 16.3 Å². The van der Waals surface area contributed by atoms with Crippen LogP contribution < -0.4 is 5.32 Å². The summed E-state index contributed by atoms with van der Waals surface area (Å²) in [5.41, 5.74) is 3.87. The van der Waals surface area contributed by atoms with Crippen LogP contribution in [-0.2, 0) is 16.0 Å². The summed E-state index contributed by atoms with van der Waals surface area (Å²) in [4.78, 5) is 47.3. The Morgan fingerprint density at radius 2 is 1.79 bits per heavy atom. The fraction of sp³-hybridized carbons (Fsp3) is 0.645. The molecular weight excluding hydrogens is 490 g/mol. The third kappa shape index (κ3) is 5.27. The third-order valence-corrected chi connectivity index (χ3v) is 9.92. The lowest BCUT2D eigenvalue weighted by Crippen LogP contribution is -2.46. The molecule has 210 valence electrons. The average molecular weight is 534 g/mol. The summed E-state index contributed by atoms with van der Waals surface area (Å²) in [5, 5.41) is 3.26. The highest BCUT2D eigenvalue weighted by Crippen LogP contribution is 2.35. The number of fused-ring (bicyclic) bond motifs is 2. The maximum Gasteiger partial charge on any atom is 0.273 e. The van der Waals surface area contributed by atoms with Crippen LogP contribution in [0.5, 0.6) is 0 Å². The number of carbonyl (C=O) groups is 3. The van der Waals surface area contributed by atoms with Crippen LogP contribution in [0.25, 0.3) is 0 Å². The van der Waals surface area contributed by atoms with Crippen LogP contribution in [0.15, 0.2) is 30.1 Å². The molecule has 1 saturated heterocycles. The molecule has 2 heterocycles. The Morgan fingerprint density at radius 3 is 2.54 bits per heavy atom. The molecule has 3 amide bonds. The van der Waals surface area contributed by atoms with Gasteiger partial charge in [0, 0.05) is 44.4 Å². The standard InChI is InChI=1S/C31H43N5O3/c1-33-18-28-31(39)36(20-35(28)19-33)25-13-11-24(12-14-25)34(2)30(38)23-9-8-22-10-15-27(26(22)17-23)32-29(37)16-7-21-5-3-4-6-21/h8-9,17-18,21,24-25,27H,3-7,10-16,19-20H2,1-2H3,(H,32,37). The van der Waals surface area contributed by atoms with Gasteiger partial charge in [0.15, 0.2) is 0 Å². The van der Waals surface area contributed by atoms with Crippen LogP contribution in [0.4, 0.5) is 0 Å². The van der Waals surface area contributed by atoms with Gasteiger partial charge >= 0.3 is 0 Å². The second kappa shape index (κ2) is 10.9. The summed E-state index contributed by atoms with van der Waals surface area (Å²) >= 11 is 0. The zero-order chi connectivity index (χ0) is 27.1. The lowest BCUT2D eigenvalue weighted by atomic mass is 9.89. The van der Waals surface area contributed by atoms with Gasteiger partial charge < -0.3 is 24.9 Å². The highest BCUT2D eigenvalue weighted by molar-refractivity contribution is 5.95. The van der Waals surface area contributed by atoms with Crippen molar-refractivity contribution in [2.75, 3.05) is 27.4 Å². The number of aryl methyl sites for hydroxylation is 1. The SMILES string of the molecule is CN1C=C2C(=O)N(C3CCC(N(C)C(=O)c4ccc5c(c4)C(NC(=O)CCC4CCCC4)CC5)CC3)CN2C1. The van der Waals surface area contributed by atoms with Gasteiger partial charge in [-0.3, -0.25) is 14.4 Å². The Labute approximate surface area is 232 Å². The van der Waals surface area contributed by atoms with Crippen LogP contribution in [-0.4, -0.2) is 76.8 Å². The van der Waals surface area contributed by atoms with Crippen LogP contribution in [0.3, 0.4) is 0 Å². The number of carbonyl (C=O) groups excluding carboxylic acids is 3. The van der Waals surface area contributed by atoms with Crippen molar-refractivity contribution in [3.63, 3.8) is 0 Å². The highest BCUT2D eigenvalue weighted by atomic mass is 16.2. The van der Waals surface area contributed by atoms with Gasteiger partial charge in [0.1, 0.15) is 5.70 Å². The van der Waals surface area contributed by atoms with E-state index in [0.717, 1.165) is 62.9 Å². The molecule has 1 unspecified atom stereocenters. The van der Waals surface area contributed by atoms with Gasteiger partial charge in [0.05, 0.1) is 19.4 Å². The average Bonchev–Trinajstić information content (AvgIpc) is 3.73. The number of rotatable bonds is 7. The summed E-state index contributed by atoms with van der Waals surface area (Å²) in [6.45, 7) is 1.45. The number of nitrogens with zero attached hydrogens (tertiary/aromatic N) is 4. The van der Waals surface area contributed by atoms with Crippen LogP contribution in [0.1, 0.15) is 98.2 Å². The van der Waals surface area contributed by atoms with Crippen molar-refractivity contribution in [1.29, 1.82) is 0 Å². The van der Waals surface area contributed by atoms with E-state index in [-0.39, 0.29) is 35.8 Å². The molecule has 6 rings (SSSR count). The maximum atomic E-state index is 13.5. The summed E-state index contributed by atoms with van der Waals surface area (Å²) in [5.74, 6) is 1.05. The zero-order valence-corrected chi connectivity index (χ0v) is 23.5. The summed E-state index contributed by atoms with van der Waals surface area (Å²) < 4.78 is 0.